The summed E-state index contributed by atoms with van der Waals surface area (Å²) in [7, 11) is -0.366. The summed E-state index contributed by atoms with van der Waals surface area (Å²) in [5.74, 6) is 0. The van der Waals surface area contributed by atoms with Crippen LogP contribution < -0.4 is 10.4 Å². The van der Waals surface area contributed by atoms with Gasteiger partial charge in [-0.15, -0.1) is 0 Å². The standard InChI is InChI=1S/C32H42BNO2/c1-29(2,3)23-11-17-26(18-12-23)34(27-19-13-24(14-20-27)30(4,5)6)28-21-15-25(16-22-28)33-35-31(7,8)32(9,10)36-33/h11-22H,1-10H3. The Bertz CT molecular complexity index is 1110. The molecular weight excluding hydrogens is 441 g/mol. The van der Waals surface area contributed by atoms with Gasteiger partial charge in [-0.2, -0.15) is 0 Å². The second kappa shape index (κ2) is 9.08. The van der Waals surface area contributed by atoms with Gasteiger partial charge in [0.25, 0.3) is 0 Å². The monoisotopic (exact) mass is 483 g/mol. The highest BCUT2D eigenvalue weighted by atomic mass is 16.7. The topological polar surface area (TPSA) is 21.7 Å². The Morgan fingerprint density at radius 2 is 0.833 bits per heavy atom. The largest absolute Gasteiger partial charge is 0.494 e. The zero-order valence-electron chi connectivity index (χ0n) is 23.8. The number of hydrogen-bond donors (Lipinski definition) is 0. The van der Waals surface area contributed by atoms with Crippen molar-refractivity contribution in [3.63, 3.8) is 0 Å². The fourth-order valence-corrected chi connectivity index (χ4v) is 4.43. The molecule has 1 aliphatic heterocycles. The van der Waals surface area contributed by atoms with E-state index in [1.165, 1.54) is 11.1 Å². The molecular formula is C32H42BNO2. The Morgan fingerprint density at radius 1 is 0.528 bits per heavy atom. The molecule has 3 aromatic carbocycles. The number of hydrogen-bond acceptors (Lipinski definition) is 3. The van der Waals surface area contributed by atoms with E-state index in [2.05, 4.69) is 147 Å². The molecule has 0 N–H and O–H groups in total. The fraction of sp³-hybridized carbons (Fsp3) is 0.438. The van der Waals surface area contributed by atoms with E-state index in [1.807, 2.05) is 0 Å². The molecule has 0 saturated carbocycles. The maximum absolute atomic E-state index is 6.27. The molecule has 190 valence electrons. The summed E-state index contributed by atoms with van der Waals surface area (Å²) in [5.41, 5.74) is 6.56. The van der Waals surface area contributed by atoms with Crippen molar-refractivity contribution in [1.82, 2.24) is 0 Å². The minimum atomic E-state index is -0.366. The van der Waals surface area contributed by atoms with Gasteiger partial charge in [0.1, 0.15) is 0 Å². The van der Waals surface area contributed by atoms with E-state index in [9.17, 15) is 0 Å². The molecule has 1 aliphatic rings. The van der Waals surface area contributed by atoms with E-state index in [-0.39, 0.29) is 29.2 Å². The zero-order valence-corrected chi connectivity index (χ0v) is 23.8. The number of anilines is 3. The number of nitrogens with zero attached hydrogens (tertiary/aromatic N) is 1. The molecule has 0 aromatic heterocycles. The highest BCUT2D eigenvalue weighted by Crippen LogP contribution is 2.38. The minimum absolute atomic E-state index is 0.113. The van der Waals surface area contributed by atoms with E-state index in [0.29, 0.717) is 0 Å². The third-order valence-electron chi connectivity index (χ3n) is 7.66. The molecule has 0 unspecified atom stereocenters. The lowest BCUT2D eigenvalue weighted by Gasteiger charge is -2.32. The predicted molar refractivity (Wildman–Crippen MR) is 154 cm³/mol. The molecule has 0 aliphatic carbocycles. The van der Waals surface area contributed by atoms with Crippen LogP contribution in [0.5, 0.6) is 0 Å². The lowest BCUT2D eigenvalue weighted by atomic mass is 9.79. The summed E-state index contributed by atoms with van der Waals surface area (Å²) in [6, 6.07) is 26.4. The van der Waals surface area contributed by atoms with Crippen LogP contribution >= 0.6 is 0 Å². The fourth-order valence-electron chi connectivity index (χ4n) is 4.43. The minimum Gasteiger partial charge on any atom is -0.399 e. The van der Waals surface area contributed by atoms with Crippen molar-refractivity contribution in [2.45, 2.75) is 91.3 Å². The van der Waals surface area contributed by atoms with Crippen LogP contribution in [0.4, 0.5) is 17.1 Å². The first-order valence-electron chi connectivity index (χ1n) is 13.1. The average Bonchev–Trinajstić information content (AvgIpc) is 3.01. The predicted octanol–water partition coefficient (Wildman–Crippen LogP) is 8.05. The smallest absolute Gasteiger partial charge is 0.399 e. The lowest BCUT2D eigenvalue weighted by Crippen LogP contribution is -2.41. The molecule has 1 heterocycles. The van der Waals surface area contributed by atoms with Gasteiger partial charge in [-0.3, -0.25) is 0 Å². The van der Waals surface area contributed by atoms with Gasteiger partial charge in [0.15, 0.2) is 0 Å². The van der Waals surface area contributed by atoms with Crippen LogP contribution in [-0.2, 0) is 20.1 Å². The maximum atomic E-state index is 6.27. The number of rotatable bonds is 4. The Hall–Kier alpha value is -2.56. The Labute approximate surface area is 219 Å². The van der Waals surface area contributed by atoms with Crippen LogP contribution in [0.25, 0.3) is 0 Å². The van der Waals surface area contributed by atoms with Gasteiger partial charge in [-0.05, 0) is 91.5 Å². The van der Waals surface area contributed by atoms with Crippen LogP contribution in [0.15, 0.2) is 72.8 Å². The summed E-state index contributed by atoms with van der Waals surface area (Å²) < 4.78 is 12.5. The van der Waals surface area contributed by atoms with Gasteiger partial charge in [0.2, 0.25) is 0 Å². The van der Waals surface area contributed by atoms with Crippen molar-refractivity contribution in [2.75, 3.05) is 4.90 Å². The second-order valence-electron chi connectivity index (χ2n) is 13.1. The molecule has 4 heteroatoms. The lowest BCUT2D eigenvalue weighted by molar-refractivity contribution is 0.00578. The molecule has 3 aromatic rings. The van der Waals surface area contributed by atoms with Gasteiger partial charge in [-0.1, -0.05) is 77.9 Å². The molecule has 0 bridgehead atoms. The summed E-state index contributed by atoms with van der Waals surface area (Å²) in [6.07, 6.45) is 0. The van der Waals surface area contributed by atoms with Crippen LogP contribution in [0.2, 0.25) is 0 Å². The highest BCUT2D eigenvalue weighted by Gasteiger charge is 2.51. The van der Waals surface area contributed by atoms with Gasteiger partial charge in [0.05, 0.1) is 11.2 Å². The average molecular weight is 484 g/mol. The van der Waals surface area contributed by atoms with Crippen molar-refractivity contribution < 1.29 is 9.31 Å². The maximum Gasteiger partial charge on any atom is 0.494 e. The van der Waals surface area contributed by atoms with Crippen molar-refractivity contribution in [1.29, 1.82) is 0 Å². The van der Waals surface area contributed by atoms with Crippen LogP contribution in [-0.4, -0.2) is 18.3 Å². The molecule has 1 saturated heterocycles. The molecule has 0 radical (unpaired) electrons. The zero-order chi connectivity index (χ0) is 26.5. The van der Waals surface area contributed by atoms with Gasteiger partial charge < -0.3 is 14.2 Å². The number of benzene rings is 3. The Kier molecular flexibility index (Phi) is 6.68. The third-order valence-corrected chi connectivity index (χ3v) is 7.66. The van der Waals surface area contributed by atoms with Crippen molar-refractivity contribution >= 4 is 29.6 Å². The molecule has 36 heavy (non-hydrogen) atoms. The van der Waals surface area contributed by atoms with E-state index in [0.717, 1.165) is 22.5 Å². The molecule has 1 fully saturated rings. The quantitative estimate of drug-likeness (QED) is 0.351. The molecule has 0 atom stereocenters. The normalized spacial score (nSPS) is 17.3. The van der Waals surface area contributed by atoms with E-state index in [1.54, 1.807) is 0 Å². The van der Waals surface area contributed by atoms with E-state index >= 15 is 0 Å². The highest BCUT2D eigenvalue weighted by molar-refractivity contribution is 6.62. The van der Waals surface area contributed by atoms with Crippen LogP contribution in [0.3, 0.4) is 0 Å². The summed E-state index contributed by atoms with van der Waals surface area (Å²) >= 11 is 0. The van der Waals surface area contributed by atoms with Crippen molar-refractivity contribution in [3.05, 3.63) is 83.9 Å². The van der Waals surface area contributed by atoms with Crippen molar-refractivity contribution in [2.24, 2.45) is 0 Å². The molecule has 0 amide bonds. The van der Waals surface area contributed by atoms with E-state index < -0.39 is 0 Å². The van der Waals surface area contributed by atoms with Gasteiger partial charge in [0, 0.05) is 17.1 Å². The first kappa shape index (κ1) is 26.5. The SMILES string of the molecule is CC(C)(C)c1ccc(N(c2ccc(B3OC(C)(C)C(C)(C)O3)cc2)c2ccc(C(C)(C)C)cc2)cc1. The van der Waals surface area contributed by atoms with Crippen molar-refractivity contribution in [3.8, 4) is 0 Å². The van der Waals surface area contributed by atoms with Crippen LogP contribution in [0, 0.1) is 0 Å². The molecule has 0 spiro atoms. The second-order valence-corrected chi connectivity index (χ2v) is 13.1. The summed E-state index contributed by atoms with van der Waals surface area (Å²) in [4.78, 5) is 2.31. The first-order valence-corrected chi connectivity index (χ1v) is 13.1. The Balaban J connectivity index is 1.71. The summed E-state index contributed by atoms with van der Waals surface area (Å²) in [6.45, 7) is 21.9. The van der Waals surface area contributed by atoms with Gasteiger partial charge in [-0.25, -0.2) is 0 Å². The van der Waals surface area contributed by atoms with Gasteiger partial charge >= 0.3 is 7.12 Å². The molecule has 4 rings (SSSR count). The van der Waals surface area contributed by atoms with E-state index in [4.69, 9.17) is 9.31 Å². The Morgan fingerprint density at radius 3 is 1.14 bits per heavy atom. The van der Waals surface area contributed by atoms with Crippen LogP contribution in [0.1, 0.15) is 80.4 Å². The summed E-state index contributed by atoms with van der Waals surface area (Å²) in [5, 5.41) is 0. The third kappa shape index (κ3) is 5.26. The first-order chi connectivity index (χ1) is 16.6. The molecule has 3 nitrogen and oxygen atoms in total.